The van der Waals surface area contributed by atoms with Crippen molar-refractivity contribution in [3.63, 3.8) is 0 Å². The molecular weight excluding hydrogens is 713 g/mol. The third kappa shape index (κ3) is 9.48. The molecule has 0 spiro atoms. The van der Waals surface area contributed by atoms with Gasteiger partial charge in [0.05, 0.1) is 30.0 Å². The first-order valence-corrected chi connectivity index (χ1v) is 21.6. The number of aryl methyl sites for hydroxylation is 1. The van der Waals surface area contributed by atoms with E-state index in [2.05, 4.69) is 55.9 Å². The van der Waals surface area contributed by atoms with Crippen LogP contribution in [-0.4, -0.2) is 39.6 Å². The van der Waals surface area contributed by atoms with Crippen LogP contribution in [-0.2, 0) is 17.8 Å². The molecule has 0 radical (unpaired) electrons. The van der Waals surface area contributed by atoms with Gasteiger partial charge in [0.15, 0.2) is 0 Å². The van der Waals surface area contributed by atoms with E-state index in [1.54, 1.807) is 12.1 Å². The highest BCUT2D eigenvalue weighted by molar-refractivity contribution is 5.94. The van der Waals surface area contributed by atoms with Crippen molar-refractivity contribution in [1.29, 1.82) is 5.26 Å². The molecule has 5 aliphatic rings. The summed E-state index contributed by atoms with van der Waals surface area (Å²) >= 11 is 0. The van der Waals surface area contributed by atoms with E-state index in [1.807, 2.05) is 39.0 Å². The molecule has 9 nitrogen and oxygen atoms in total. The monoisotopic (exact) mass is 783 g/mol. The van der Waals surface area contributed by atoms with Crippen molar-refractivity contribution in [2.24, 2.45) is 57.0 Å². The van der Waals surface area contributed by atoms with Crippen molar-refractivity contribution >= 4 is 18.3 Å². The number of allylic oxidation sites excluding steroid dienone is 2. The minimum Gasteiger partial charge on any atom is -0.478 e. The lowest BCUT2D eigenvalue weighted by molar-refractivity contribution is -0.214. The van der Waals surface area contributed by atoms with Gasteiger partial charge in [0.2, 0.25) is 6.41 Å². The zero-order chi connectivity index (χ0) is 42.0. The number of amides is 2. The molecule has 2 amide bonds. The van der Waals surface area contributed by atoms with Crippen LogP contribution in [0.3, 0.4) is 0 Å². The number of pyridine rings is 1. The maximum atomic E-state index is 13.1. The molecule has 1 aromatic carbocycles. The quantitative estimate of drug-likeness (QED) is 0.160. The molecule has 9 unspecified atom stereocenters. The number of rotatable bonds is 7. The minimum atomic E-state index is -1.01. The molecule has 5 aliphatic carbocycles. The molecule has 5 saturated carbocycles. The number of hydrogen-bond acceptors (Lipinski definition) is 6. The first-order chi connectivity index (χ1) is 27.2. The van der Waals surface area contributed by atoms with Gasteiger partial charge in [-0.3, -0.25) is 14.6 Å². The van der Waals surface area contributed by atoms with E-state index in [-0.39, 0.29) is 35.9 Å². The summed E-state index contributed by atoms with van der Waals surface area (Å²) in [7, 11) is 0. The zero-order valence-corrected chi connectivity index (χ0v) is 35.7. The second-order valence-corrected chi connectivity index (χ2v) is 18.3. The lowest BCUT2D eigenvalue weighted by Crippen LogP contribution is -2.63. The Labute approximate surface area is 342 Å². The molecule has 5 fully saturated rings. The summed E-state index contributed by atoms with van der Waals surface area (Å²) in [5.41, 5.74) is 8.08. The number of aromatic carboxylic acids is 1. The van der Waals surface area contributed by atoms with Gasteiger partial charge in [-0.1, -0.05) is 66.2 Å². The van der Waals surface area contributed by atoms with Gasteiger partial charge in [-0.25, -0.2) is 4.79 Å². The fourth-order valence-corrected chi connectivity index (χ4v) is 13.0. The number of carbonyl (C=O) groups is 3. The Balaban J connectivity index is 0.000000652. The molecule has 9 atom stereocenters. The van der Waals surface area contributed by atoms with E-state index < -0.39 is 5.97 Å². The van der Waals surface area contributed by atoms with Crippen LogP contribution < -0.4 is 11.1 Å². The Hall–Kier alpha value is -4.03. The van der Waals surface area contributed by atoms with Gasteiger partial charge in [-0.15, -0.1) is 0 Å². The number of aliphatic hydroxyl groups is 1. The molecule has 2 aromatic rings. The topological polar surface area (TPSA) is 166 Å². The molecule has 0 bridgehead atoms. The summed E-state index contributed by atoms with van der Waals surface area (Å²) in [6.45, 7) is 16.1. The van der Waals surface area contributed by atoms with E-state index in [1.165, 1.54) is 94.5 Å². The van der Waals surface area contributed by atoms with Crippen molar-refractivity contribution in [2.45, 2.75) is 145 Å². The highest BCUT2D eigenvalue weighted by Gasteiger charge is 2.66. The smallest absolute Gasteiger partial charge is 0.337 e. The van der Waals surface area contributed by atoms with Crippen molar-refractivity contribution in [1.82, 2.24) is 10.3 Å². The number of fused-ring (bicyclic) bond motifs is 7. The molecule has 57 heavy (non-hydrogen) atoms. The third-order valence-electron chi connectivity index (χ3n) is 15.5. The van der Waals surface area contributed by atoms with Crippen LogP contribution in [0.15, 0.2) is 54.7 Å². The Kier molecular flexibility index (Phi) is 15.7. The molecule has 312 valence electrons. The highest BCUT2D eigenvalue weighted by atomic mass is 16.4. The largest absolute Gasteiger partial charge is 0.478 e. The number of carboxylic acid groups (broad SMARTS) is 1. The van der Waals surface area contributed by atoms with E-state index in [4.69, 9.17) is 15.2 Å². The molecule has 9 heteroatoms. The van der Waals surface area contributed by atoms with Crippen LogP contribution >= 0.6 is 0 Å². The second kappa shape index (κ2) is 19.6. The average Bonchev–Trinajstić information content (AvgIpc) is 3.64. The van der Waals surface area contributed by atoms with Crippen molar-refractivity contribution in [3.05, 3.63) is 77.1 Å². The summed E-state index contributed by atoms with van der Waals surface area (Å²) in [5, 5.41) is 30.8. The maximum absolute atomic E-state index is 13.1. The van der Waals surface area contributed by atoms with Crippen molar-refractivity contribution in [3.8, 4) is 6.07 Å². The van der Waals surface area contributed by atoms with E-state index in [0.29, 0.717) is 33.4 Å². The van der Waals surface area contributed by atoms with Crippen LogP contribution in [0.25, 0.3) is 0 Å². The standard InChI is InChI=1S/C41H56N2O4.C4H5N.C2H6.CH3NO/c1-38(2)33-16-19-39(3)31-15-22-41(18-6-9-32(41)30(31)12-13-34(39)40(33,4)20-17-35(38)44)21-14-26-7-5-8-27(23-26)36(45)43-25-29-11-10-28(24-42-29)37(46)47;1-2-3-4-5;1-2;2-1-3/h5,7-8,10-11,23-24,30-35,44H,6,9,12-22,25H2,1-4H3,(H,43,45)(H,46,47);2-3H,1H3;1-2H3;1H,(H2,2,3)/b;3-2+;;. The Bertz CT molecular complexity index is 1730. The lowest BCUT2D eigenvalue weighted by atomic mass is 9.36. The van der Waals surface area contributed by atoms with Crippen LogP contribution in [0.5, 0.6) is 0 Å². The van der Waals surface area contributed by atoms with Gasteiger partial charge >= 0.3 is 5.97 Å². The van der Waals surface area contributed by atoms with Gasteiger partial charge in [0, 0.05) is 17.8 Å². The average molecular weight is 783 g/mol. The highest BCUT2D eigenvalue weighted by Crippen LogP contribution is 2.73. The number of hydrogen-bond donors (Lipinski definition) is 4. The molecular formula is C48H70N4O5. The molecule has 0 aliphatic heterocycles. The van der Waals surface area contributed by atoms with Crippen molar-refractivity contribution in [2.75, 3.05) is 0 Å². The fraction of sp³-hybridized carbons (Fsp3) is 0.646. The summed E-state index contributed by atoms with van der Waals surface area (Å²) in [5.74, 6) is 2.80. The predicted molar refractivity (Wildman–Crippen MR) is 226 cm³/mol. The number of aliphatic hydroxyl groups excluding tert-OH is 1. The van der Waals surface area contributed by atoms with E-state index in [9.17, 15) is 14.7 Å². The van der Waals surface area contributed by atoms with Crippen molar-refractivity contribution < 1.29 is 24.6 Å². The first-order valence-electron chi connectivity index (χ1n) is 21.6. The van der Waals surface area contributed by atoms with Gasteiger partial charge in [-0.2, -0.15) is 5.26 Å². The lowest BCUT2D eigenvalue weighted by Gasteiger charge is -2.69. The first kappa shape index (κ1) is 45.7. The predicted octanol–water partition coefficient (Wildman–Crippen LogP) is 9.68. The van der Waals surface area contributed by atoms with Crippen LogP contribution in [0.1, 0.15) is 157 Å². The summed E-state index contributed by atoms with van der Waals surface area (Å²) in [4.78, 5) is 36.9. The number of benzene rings is 1. The van der Waals surface area contributed by atoms with Gasteiger partial charge < -0.3 is 21.3 Å². The van der Waals surface area contributed by atoms with Crippen LogP contribution in [0.2, 0.25) is 0 Å². The number of nitriles is 1. The Morgan fingerprint density at radius 1 is 0.930 bits per heavy atom. The number of nitrogens with one attached hydrogen (secondary N) is 1. The third-order valence-corrected chi connectivity index (χ3v) is 15.5. The van der Waals surface area contributed by atoms with Gasteiger partial charge in [0.1, 0.15) is 0 Å². The van der Waals surface area contributed by atoms with Crippen LogP contribution in [0.4, 0.5) is 0 Å². The van der Waals surface area contributed by atoms with Gasteiger partial charge in [-0.05, 0) is 165 Å². The SMILES string of the molecule is C/C=C/C#N.CC.CC1(C)C(O)CCC2(C)C1CCC1(C)C3CCC4(CCc5cccc(C(=O)NCc6ccc(C(=O)O)cn6)c5)CCCC4C3CCC12.NC=O. The maximum Gasteiger partial charge on any atom is 0.337 e. The molecule has 7 rings (SSSR count). The van der Waals surface area contributed by atoms with Crippen LogP contribution in [0, 0.1) is 62.6 Å². The minimum absolute atomic E-state index is 0.0172. The number of nitrogens with zero attached hydrogens (tertiary/aromatic N) is 2. The zero-order valence-electron chi connectivity index (χ0n) is 35.7. The summed E-state index contributed by atoms with van der Waals surface area (Å²) in [6.07, 6.45) is 21.2. The molecule has 0 saturated heterocycles. The summed E-state index contributed by atoms with van der Waals surface area (Å²) < 4.78 is 0. The van der Waals surface area contributed by atoms with E-state index >= 15 is 0 Å². The number of aromatic nitrogens is 1. The summed E-state index contributed by atoms with van der Waals surface area (Å²) in [6, 6.07) is 13.1. The Morgan fingerprint density at radius 3 is 2.28 bits per heavy atom. The van der Waals surface area contributed by atoms with Gasteiger partial charge in [0.25, 0.3) is 5.91 Å². The second-order valence-electron chi connectivity index (χ2n) is 18.3. The molecule has 5 N–H and O–H groups in total. The normalized spacial score (nSPS) is 33.0. The Morgan fingerprint density at radius 2 is 1.65 bits per heavy atom. The molecule has 1 heterocycles. The number of carboxylic acids is 1. The number of primary amides is 1. The fourth-order valence-electron chi connectivity index (χ4n) is 13.0. The number of carbonyl (C=O) groups excluding carboxylic acids is 2. The number of nitrogens with two attached hydrogens (primary N) is 1. The van der Waals surface area contributed by atoms with E-state index in [0.717, 1.165) is 36.5 Å². The molecule has 1 aromatic heterocycles.